The molecule has 0 aromatic heterocycles. The van der Waals surface area contributed by atoms with E-state index in [9.17, 15) is 19.8 Å². The number of carboxylic acid groups (broad SMARTS) is 2. The molecule has 0 amide bonds. The number of carbonyl (C=O) groups is 2. The largest absolute Gasteiger partial charge is 2.00 e. The van der Waals surface area contributed by atoms with Crippen LogP contribution in [0.25, 0.3) is 0 Å². The molecule has 0 radical (unpaired) electrons. The predicted molar refractivity (Wildman–Crippen MR) is 256 cm³/mol. The molecule has 59 heavy (non-hydrogen) atoms. The van der Waals surface area contributed by atoms with Crippen LogP contribution in [0.2, 0.25) is 0 Å². The van der Waals surface area contributed by atoms with Crippen molar-refractivity contribution in [2.45, 2.75) is 259 Å². The number of allylic oxidation sites excluding steroid dienone is 8. The summed E-state index contributed by atoms with van der Waals surface area (Å²) in [6.45, 7) is 17.8. The standard InChI is InChI=1S/2C26H49NO2.Ca/c2*1-5-9-11-13-15-17-21-24(19-7-3)27(23-26(28)29)25(20-8-4)22-18-16-14-12-10-6-2;/h2*11-14,24-25H,5-10,15-23H2,1-4H3,(H,28,29);/q;;+2/p-2/b2*13-11+,14-12+;. The van der Waals surface area contributed by atoms with Crippen LogP contribution < -0.4 is 10.2 Å². The monoisotopic (exact) mass is 853 g/mol. The molecule has 0 aromatic carbocycles. The maximum absolute atomic E-state index is 11.5. The van der Waals surface area contributed by atoms with Crippen LogP contribution >= 0.6 is 0 Å². The van der Waals surface area contributed by atoms with Crippen LogP contribution in [-0.2, 0) is 9.59 Å². The Balaban J connectivity index is -0.00000105. The van der Waals surface area contributed by atoms with Crippen molar-refractivity contribution in [1.29, 1.82) is 0 Å². The topological polar surface area (TPSA) is 86.7 Å². The van der Waals surface area contributed by atoms with Crippen LogP contribution in [0.5, 0.6) is 0 Å². The number of rotatable bonds is 40. The molecule has 7 heteroatoms. The first-order valence-corrected chi connectivity index (χ1v) is 24.7. The second-order valence-electron chi connectivity index (χ2n) is 16.6. The number of hydrogen-bond acceptors (Lipinski definition) is 6. The summed E-state index contributed by atoms with van der Waals surface area (Å²) >= 11 is 0. The molecule has 0 saturated carbocycles. The van der Waals surface area contributed by atoms with E-state index >= 15 is 0 Å². The van der Waals surface area contributed by atoms with E-state index < -0.39 is 11.9 Å². The molecule has 340 valence electrons. The number of hydrogen-bond donors (Lipinski definition) is 0. The molecule has 0 aliphatic carbocycles. The van der Waals surface area contributed by atoms with E-state index in [0.717, 1.165) is 154 Å². The van der Waals surface area contributed by atoms with Crippen molar-refractivity contribution in [2.75, 3.05) is 13.1 Å². The maximum atomic E-state index is 11.5. The maximum Gasteiger partial charge on any atom is 2.00 e. The number of carboxylic acids is 2. The molecule has 4 atom stereocenters. The molecular formula is C52H96CaN2O4. The first kappa shape index (κ1) is 62.4. The van der Waals surface area contributed by atoms with Crippen molar-refractivity contribution >= 4 is 49.7 Å². The summed E-state index contributed by atoms with van der Waals surface area (Å²) < 4.78 is 0. The van der Waals surface area contributed by atoms with Crippen LogP contribution in [0.3, 0.4) is 0 Å². The van der Waals surface area contributed by atoms with Gasteiger partial charge in [-0.2, -0.15) is 0 Å². The molecule has 0 aromatic rings. The zero-order valence-electron chi connectivity index (χ0n) is 40.4. The zero-order chi connectivity index (χ0) is 43.5. The molecule has 0 N–H and O–H groups in total. The number of carbonyl (C=O) groups excluding carboxylic acids is 2. The Hall–Kier alpha value is -0.920. The summed E-state index contributed by atoms with van der Waals surface area (Å²) in [6, 6.07) is 1.41. The third-order valence-electron chi connectivity index (χ3n) is 11.1. The third kappa shape index (κ3) is 38.5. The second kappa shape index (κ2) is 48.1. The fourth-order valence-corrected chi connectivity index (χ4v) is 8.14. The van der Waals surface area contributed by atoms with Crippen LogP contribution in [0.4, 0.5) is 0 Å². The van der Waals surface area contributed by atoms with Gasteiger partial charge in [-0.15, -0.1) is 0 Å². The van der Waals surface area contributed by atoms with Gasteiger partial charge in [0, 0.05) is 37.3 Å². The summed E-state index contributed by atoms with van der Waals surface area (Å²) in [6.07, 6.45) is 49.6. The van der Waals surface area contributed by atoms with Gasteiger partial charge in [-0.05, 0) is 128 Å². The summed E-state index contributed by atoms with van der Waals surface area (Å²) in [7, 11) is 0. The molecule has 4 unspecified atom stereocenters. The zero-order valence-corrected chi connectivity index (χ0v) is 42.6. The van der Waals surface area contributed by atoms with Gasteiger partial charge in [-0.25, -0.2) is 0 Å². The van der Waals surface area contributed by atoms with Crippen LogP contribution in [0, 0.1) is 0 Å². The van der Waals surface area contributed by atoms with Crippen LogP contribution in [-0.4, -0.2) is 96.7 Å². The van der Waals surface area contributed by atoms with Crippen molar-refractivity contribution in [3.05, 3.63) is 48.6 Å². The molecular weight excluding hydrogens is 757 g/mol. The van der Waals surface area contributed by atoms with Gasteiger partial charge in [0.25, 0.3) is 0 Å². The van der Waals surface area contributed by atoms with Gasteiger partial charge in [0.2, 0.25) is 0 Å². The first-order chi connectivity index (χ1) is 28.2. The van der Waals surface area contributed by atoms with E-state index in [1.165, 1.54) is 25.7 Å². The molecule has 0 saturated heterocycles. The van der Waals surface area contributed by atoms with E-state index in [1.807, 2.05) is 0 Å². The van der Waals surface area contributed by atoms with Crippen molar-refractivity contribution in [3.8, 4) is 0 Å². The number of nitrogens with zero attached hydrogens (tertiary/aromatic N) is 2. The Morgan fingerprint density at radius 3 is 0.729 bits per heavy atom. The Morgan fingerprint density at radius 1 is 0.356 bits per heavy atom. The van der Waals surface area contributed by atoms with Crippen molar-refractivity contribution in [3.63, 3.8) is 0 Å². The van der Waals surface area contributed by atoms with Crippen LogP contribution in [0.1, 0.15) is 235 Å². The minimum atomic E-state index is -0.933. The van der Waals surface area contributed by atoms with Crippen molar-refractivity contribution < 1.29 is 19.8 Å². The fourth-order valence-electron chi connectivity index (χ4n) is 8.14. The molecule has 0 aliphatic rings. The molecule has 0 fully saturated rings. The molecule has 0 aliphatic heterocycles. The van der Waals surface area contributed by atoms with Gasteiger partial charge < -0.3 is 19.8 Å². The van der Waals surface area contributed by atoms with Gasteiger partial charge >= 0.3 is 37.7 Å². The Labute approximate surface area is 397 Å². The summed E-state index contributed by atoms with van der Waals surface area (Å²) in [5.74, 6) is -1.87. The van der Waals surface area contributed by atoms with Gasteiger partial charge in [-0.3, -0.25) is 9.80 Å². The van der Waals surface area contributed by atoms with Gasteiger partial charge in [0.15, 0.2) is 0 Å². The summed E-state index contributed by atoms with van der Waals surface area (Å²) in [5.41, 5.74) is 0. The molecule has 0 bridgehead atoms. The Morgan fingerprint density at radius 2 is 0.559 bits per heavy atom. The Bertz CT molecular complexity index is 884. The molecule has 0 spiro atoms. The number of aliphatic carboxylic acids is 2. The molecule has 0 heterocycles. The number of unbranched alkanes of at least 4 members (excludes halogenated alkanes) is 8. The first-order valence-electron chi connectivity index (χ1n) is 24.7. The predicted octanol–water partition coefficient (Wildman–Crippen LogP) is 12.5. The van der Waals surface area contributed by atoms with Gasteiger partial charge in [0.1, 0.15) is 0 Å². The van der Waals surface area contributed by atoms with Crippen molar-refractivity contribution in [2.24, 2.45) is 0 Å². The van der Waals surface area contributed by atoms with Gasteiger partial charge in [0.05, 0.1) is 11.9 Å². The summed E-state index contributed by atoms with van der Waals surface area (Å²) in [4.78, 5) is 27.7. The second-order valence-corrected chi connectivity index (χ2v) is 16.6. The minimum absolute atomic E-state index is 0. The average molecular weight is 853 g/mol. The van der Waals surface area contributed by atoms with E-state index in [0.29, 0.717) is 24.2 Å². The molecule has 0 rings (SSSR count). The van der Waals surface area contributed by atoms with E-state index in [2.05, 4.69) is 114 Å². The summed E-state index contributed by atoms with van der Waals surface area (Å²) in [5, 5.41) is 23.1. The van der Waals surface area contributed by atoms with E-state index in [-0.39, 0.29) is 50.8 Å². The average Bonchev–Trinajstić information content (AvgIpc) is 3.20. The Kier molecular flexibility index (Phi) is 50.9. The van der Waals surface area contributed by atoms with Crippen molar-refractivity contribution in [1.82, 2.24) is 9.80 Å². The van der Waals surface area contributed by atoms with Gasteiger partial charge in [-0.1, -0.05) is 155 Å². The molecule has 6 nitrogen and oxygen atoms in total. The van der Waals surface area contributed by atoms with E-state index in [1.54, 1.807) is 0 Å². The normalized spacial score (nSPS) is 14.0. The smallest absolute Gasteiger partial charge is 0.549 e. The van der Waals surface area contributed by atoms with E-state index in [4.69, 9.17) is 0 Å². The quantitative estimate of drug-likeness (QED) is 0.0347. The minimum Gasteiger partial charge on any atom is -0.549 e. The van der Waals surface area contributed by atoms with Crippen LogP contribution in [0.15, 0.2) is 48.6 Å². The third-order valence-corrected chi connectivity index (χ3v) is 11.1. The fraction of sp³-hybridized carbons (Fsp3) is 0.808. The SMILES string of the molecule is CCC/C=C/CCCC(CCC)N(CC(=O)[O-])C(CCC)CCC/C=C/CCC.CCC/C=C/CCCC(CCC)N(CC(=O)[O-])C(CCC)CCC/C=C/CCC.[Ca+2].